The Morgan fingerprint density at radius 2 is 2.09 bits per heavy atom. The molecule has 0 saturated heterocycles. The lowest BCUT2D eigenvalue weighted by Crippen LogP contribution is -2.26. The third kappa shape index (κ3) is 5.23. The average molecular weight is 355 g/mol. The summed E-state index contributed by atoms with van der Waals surface area (Å²) in [4.78, 5) is 17.0. The number of halogens is 3. The first-order valence-electron chi connectivity index (χ1n) is 6.66. The fourth-order valence-electron chi connectivity index (χ4n) is 1.64. The normalized spacial score (nSPS) is 12.2. The minimum absolute atomic E-state index is 0.359. The maximum absolute atomic E-state index is 13.0. The van der Waals surface area contributed by atoms with E-state index < -0.39 is 12.0 Å². The van der Waals surface area contributed by atoms with Gasteiger partial charge in [-0.2, -0.15) is 0 Å². The molecule has 0 aromatic heterocycles. The van der Waals surface area contributed by atoms with E-state index in [1.54, 1.807) is 24.3 Å². The fraction of sp³-hybridized carbons (Fsp3) is 0.125. The Morgan fingerprint density at radius 1 is 1.30 bits per heavy atom. The quantitative estimate of drug-likeness (QED) is 0.634. The van der Waals surface area contributed by atoms with Crippen molar-refractivity contribution in [3.63, 3.8) is 0 Å². The first-order valence-corrected chi connectivity index (χ1v) is 7.42. The molecular formula is C16H13Cl2FN2O2. The number of hydrogen-bond acceptors (Lipinski definition) is 3. The number of carbonyl (C=O) groups excluding carboxylic acids is 1. The van der Waals surface area contributed by atoms with Gasteiger partial charge in [-0.1, -0.05) is 40.5 Å². The summed E-state index contributed by atoms with van der Waals surface area (Å²) in [6.07, 6.45) is 0.453. The topological polar surface area (TPSA) is 50.7 Å². The molecule has 1 atom stereocenters. The fourth-order valence-corrected chi connectivity index (χ4v) is 1.98. The van der Waals surface area contributed by atoms with Crippen LogP contribution in [0.4, 0.5) is 10.1 Å². The number of hydrogen-bond donors (Lipinski definition) is 1. The van der Waals surface area contributed by atoms with Crippen molar-refractivity contribution in [2.24, 2.45) is 5.16 Å². The average Bonchev–Trinajstić information content (AvgIpc) is 2.51. The third-order valence-electron chi connectivity index (χ3n) is 2.82. The van der Waals surface area contributed by atoms with E-state index in [-0.39, 0.29) is 5.82 Å². The van der Waals surface area contributed by atoms with Crippen LogP contribution in [0.15, 0.2) is 47.6 Å². The van der Waals surface area contributed by atoms with Gasteiger partial charge in [-0.25, -0.2) is 4.39 Å². The van der Waals surface area contributed by atoms with Gasteiger partial charge in [0.2, 0.25) is 6.10 Å². The lowest BCUT2D eigenvalue weighted by Gasteiger charge is -2.11. The highest BCUT2D eigenvalue weighted by Crippen LogP contribution is 2.25. The molecule has 0 saturated carbocycles. The van der Waals surface area contributed by atoms with Gasteiger partial charge in [0.05, 0.1) is 16.9 Å². The molecule has 0 fully saturated rings. The molecule has 0 heterocycles. The van der Waals surface area contributed by atoms with Crippen LogP contribution in [0, 0.1) is 5.82 Å². The van der Waals surface area contributed by atoms with Crippen molar-refractivity contribution in [2.45, 2.75) is 13.0 Å². The SMILES string of the molecule is C[C@@H](O/N=C\c1cccc(F)c1)C(=O)Nc1cc(Cl)ccc1Cl. The number of benzene rings is 2. The number of rotatable bonds is 5. The van der Waals surface area contributed by atoms with Crippen molar-refractivity contribution in [2.75, 3.05) is 5.32 Å². The molecule has 0 aliphatic rings. The Bertz CT molecular complexity index is 738. The number of nitrogens with one attached hydrogen (secondary N) is 1. The molecule has 4 nitrogen and oxygen atoms in total. The number of carbonyl (C=O) groups is 1. The second-order valence-corrected chi connectivity index (χ2v) is 5.49. The number of amides is 1. The molecule has 0 unspecified atom stereocenters. The van der Waals surface area contributed by atoms with Gasteiger partial charge in [-0.3, -0.25) is 4.79 Å². The first kappa shape index (κ1) is 17.2. The third-order valence-corrected chi connectivity index (χ3v) is 3.39. The van der Waals surface area contributed by atoms with Gasteiger partial charge in [0.15, 0.2) is 0 Å². The number of oxime groups is 1. The van der Waals surface area contributed by atoms with E-state index in [1.807, 2.05) is 0 Å². The summed E-state index contributed by atoms with van der Waals surface area (Å²) < 4.78 is 13.0. The first-order chi connectivity index (χ1) is 11.0. The van der Waals surface area contributed by atoms with Gasteiger partial charge in [0.1, 0.15) is 5.82 Å². The zero-order valence-electron chi connectivity index (χ0n) is 12.1. The minimum Gasteiger partial charge on any atom is -0.383 e. The zero-order valence-corrected chi connectivity index (χ0v) is 13.6. The van der Waals surface area contributed by atoms with Gasteiger partial charge in [0, 0.05) is 5.02 Å². The lowest BCUT2D eigenvalue weighted by atomic mass is 10.2. The van der Waals surface area contributed by atoms with Gasteiger partial charge in [-0.15, -0.1) is 0 Å². The molecular weight excluding hydrogens is 342 g/mol. The largest absolute Gasteiger partial charge is 0.383 e. The number of anilines is 1. The molecule has 0 aliphatic carbocycles. The van der Waals surface area contributed by atoms with Crippen molar-refractivity contribution < 1.29 is 14.0 Å². The van der Waals surface area contributed by atoms with E-state index in [2.05, 4.69) is 10.5 Å². The van der Waals surface area contributed by atoms with Crippen molar-refractivity contribution in [3.05, 3.63) is 63.9 Å². The molecule has 1 N–H and O–H groups in total. The Morgan fingerprint density at radius 3 is 2.83 bits per heavy atom. The predicted molar refractivity (Wildman–Crippen MR) is 89.6 cm³/mol. The van der Waals surface area contributed by atoms with Crippen LogP contribution in [-0.4, -0.2) is 18.2 Å². The van der Waals surface area contributed by atoms with Gasteiger partial charge < -0.3 is 10.2 Å². The number of nitrogens with zero attached hydrogens (tertiary/aromatic N) is 1. The molecule has 23 heavy (non-hydrogen) atoms. The molecule has 1 amide bonds. The molecule has 0 spiro atoms. The van der Waals surface area contributed by atoms with Crippen LogP contribution in [0.25, 0.3) is 0 Å². The summed E-state index contributed by atoms with van der Waals surface area (Å²) in [6.45, 7) is 1.52. The zero-order chi connectivity index (χ0) is 16.8. The highest BCUT2D eigenvalue weighted by Gasteiger charge is 2.15. The molecule has 2 aromatic carbocycles. The molecule has 0 aliphatic heterocycles. The van der Waals surface area contributed by atoms with Crippen LogP contribution in [0.3, 0.4) is 0 Å². The summed E-state index contributed by atoms with van der Waals surface area (Å²) in [5, 5.41) is 7.07. The Kier molecular flexibility index (Phi) is 5.96. The minimum atomic E-state index is -0.866. The van der Waals surface area contributed by atoms with E-state index in [0.29, 0.717) is 21.3 Å². The monoisotopic (exact) mass is 354 g/mol. The van der Waals surface area contributed by atoms with Crippen LogP contribution >= 0.6 is 23.2 Å². The Balaban J connectivity index is 1.93. The Labute approximate surface area is 142 Å². The van der Waals surface area contributed by atoms with Crippen LogP contribution < -0.4 is 5.32 Å². The van der Waals surface area contributed by atoms with Crippen LogP contribution in [0.5, 0.6) is 0 Å². The van der Waals surface area contributed by atoms with Crippen molar-refractivity contribution >= 4 is 41.0 Å². The van der Waals surface area contributed by atoms with E-state index in [4.69, 9.17) is 28.0 Å². The van der Waals surface area contributed by atoms with E-state index in [1.165, 1.54) is 31.3 Å². The second-order valence-electron chi connectivity index (χ2n) is 4.65. The van der Waals surface area contributed by atoms with Crippen molar-refractivity contribution in [1.29, 1.82) is 0 Å². The Hall–Kier alpha value is -2.11. The summed E-state index contributed by atoms with van der Waals surface area (Å²) in [6, 6.07) is 10.5. The smallest absolute Gasteiger partial charge is 0.268 e. The highest BCUT2D eigenvalue weighted by molar-refractivity contribution is 6.35. The van der Waals surface area contributed by atoms with E-state index in [0.717, 1.165) is 0 Å². The molecule has 0 radical (unpaired) electrons. The van der Waals surface area contributed by atoms with Crippen LogP contribution in [0.1, 0.15) is 12.5 Å². The van der Waals surface area contributed by atoms with Gasteiger partial charge in [-0.05, 0) is 42.8 Å². The molecule has 7 heteroatoms. The summed E-state index contributed by atoms with van der Waals surface area (Å²) in [5.41, 5.74) is 0.907. The summed E-state index contributed by atoms with van der Waals surface area (Å²) in [5.74, 6) is -0.819. The van der Waals surface area contributed by atoms with Crippen molar-refractivity contribution in [1.82, 2.24) is 0 Å². The van der Waals surface area contributed by atoms with Gasteiger partial charge in [0.25, 0.3) is 5.91 Å². The maximum Gasteiger partial charge on any atom is 0.268 e. The lowest BCUT2D eigenvalue weighted by molar-refractivity contribution is -0.126. The van der Waals surface area contributed by atoms with Crippen LogP contribution in [-0.2, 0) is 9.63 Å². The second kappa shape index (κ2) is 7.94. The maximum atomic E-state index is 13.0. The molecule has 2 rings (SSSR count). The van der Waals surface area contributed by atoms with Crippen LogP contribution in [0.2, 0.25) is 10.0 Å². The standard InChI is InChI=1S/C16H13Cl2FN2O2/c1-10(23-20-9-11-3-2-4-13(19)7-11)16(22)21-15-8-12(17)5-6-14(15)18/h2-10H,1H3,(H,21,22)/b20-9-/t10-/m1/s1. The molecule has 2 aromatic rings. The van der Waals surface area contributed by atoms with E-state index >= 15 is 0 Å². The highest BCUT2D eigenvalue weighted by atomic mass is 35.5. The van der Waals surface area contributed by atoms with Crippen molar-refractivity contribution in [3.8, 4) is 0 Å². The molecule has 0 bridgehead atoms. The summed E-state index contributed by atoms with van der Waals surface area (Å²) in [7, 11) is 0. The summed E-state index contributed by atoms with van der Waals surface area (Å²) >= 11 is 11.8. The van der Waals surface area contributed by atoms with Gasteiger partial charge >= 0.3 is 0 Å². The molecule has 120 valence electrons. The van der Waals surface area contributed by atoms with E-state index in [9.17, 15) is 9.18 Å². The predicted octanol–water partition coefficient (Wildman–Crippen LogP) is 4.51.